The van der Waals surface area contributed by atoms with Crippen LogP contribution in [0, 0.1) is 0 Å². The highest BCUT2D eigenvalue weighted by molar-refractivity contribution is 6.35. The summed E-state index contributed by atoms with van der Waals surface area (Å²) in [5.41, 5.74) is 5.47. The molecule has 0 radical (unpaired) electrons. The maximum atomic E-state index is 12.2. The van der Waals surface area contributed by atoms with Gasteiger partial charge in [-0.2, -0.15) is 0 Å². The Hall–Kier alpha value is -2.50. The van der Waals surface area contributed by atoms with E-state index in [9.17, 15) is 4.79 Å². The first-order valence-corrected chi connectivity index (χ1v) is 9.26. The Balaban J connectivity index is 1.38. The van der Waals surface area contributed by atoms with Gasteiger partial charge in [0.2, 0.25) is 0 Å². The van der Waals surface area contributed by atoms with Crippen molar-refractivity contribution < 1.29 is 0 Å². The Morgan fingerprint density at radius 1 is 1.04 bits per heavy atom. The highest BCUT2D eigenvalue weighted by Gasteiger charge is 2.21. The highest BCUT2D eigenvalue weighted by Crippen LogP contribution is 2.31. The van der Waals surface area contributed by atoms with Gasteiger partial charge >= 0.3 is 5.69 Å². The summed E-state index contributed by atoms with van der Waals surface area (Å²) in [4.78, 5) is 21.0. The molecule has 0 unspecified atom stereocenters. The van der Waals surface area contributed by atoms with Gasteiger partial charge in [-0.05, 0) is 30.2 Å². The molecule has 6 heteroatoms. The third-order valence-electron chi connectivity index (χ3n) is 5.36. The molecule has 1 aliphatic rings. The minimum absolute atomic E-state index is 0.0405. The van der Waals surface area contributed by atoms with Crippen molar-refractivity contribution in [2.45, 2.75) is 19.5 Å². The lowest BCUT2D eigenvalue weighted by molar-refractivity contribution is 0.242. The summed E-state index contributed by atoms with van der Waals surface area (Å²) >= 11 is 6.33. The number of nitrogens with one attached hydrogen (secondary N) is 2. The zero-order valence-electron chi connectivity index (χ0n) is 14.3. The lowest BCUT2D eigenvalue weighted by Crippen LogP contribution is -2.34. The molecular formula is C20H19ClN4O. The molecule has 4 aromatic rings. The largest absolute Gasteiger partial charge is 0.356 e. The van der Waals surface area contributed by atoms with Gasteiger partial charge < -0.3 is 9.97 Å². The van der Waals surface area contributed by atoms with Gasteiger partial charge in [-0.1, -0.05) is 35.9 Å². The highest BCUT2D eigenvalue weighted by atomic mass is 35.5. The van der Waals surface area contributed by atoms with Crippen LogP contribution in [0.5, 0.6) is 0 Å². The molecule has 3 heterocycles. The average Bonchev–Trinajstić information content (AvgIpc) is 3.17. The molecule has 0 bridgehead atoms. The number of aromatic nitrogens is 3. The number of fused-ring (bicyclic) bond motifs is 4. The first-order valence-electron chi connectivity index (χ1n) is 8.88. The standard InChI is InChI=1S/C20H19ClN4O/c21-15-5-3-4-14-13-8-9-24(12-17(13)22-19(14)15)10-11-25-18-7-2-1-6-16(18)23-20(25)26/h1-7,22H,8-12H2,(H,23,26). The maximum Gasteiger partial charge on any atom is 0.326 e. The Morgan fingerprint density at radius 2 is 1.92 bits per heavy atom. The van der Waals surface area contributed by atoms with E-state index in [2.05, 4.69) is 20.9 Å². The molecule has 0 amide bonds. The molecule has 2 N–H and O–H groups in total. The predicted molar refractivity (Wildman–Crippen MR) is 105 cm³/mol. The number of para-hydroxylation sites is 3. The molecule has 132 valence electrons. The van der Waals surface area contributed by atoms with E-state index in [1.807, 2.05) is 41.0 Å². The normalized spacial score (nSPS) is 15.0. The van der Waals surface area contributed by atoms with Crippen LogP contribution in [-0.2, 0) is 19.5 Å². The lowest BCUT2D eigenvalue weighted by atomic mass is 10.0. The van der Waals surface area contributed by atoms with Crippen LogP contribution in [0.15, 0.2) is 47.3 Å². The number of imidazole rings is 1. The number of hydrogen-bond acceptors (Lipinski definition) is 2. The van der Waals surface area contributed by atoms with Crippen LogP contribution in [-0.4, -0.2) is 32.5 Å². The fraction of sp³-hybridized carbons (Fsp3) is 0.250. The van der Waals surface area contributed by atoms with Crippen LogP contribution in [0.4, 0.5) is 0 Å². The summed E-state index contributed by atoms with van der Waals surface area (Å²) in [6.45, 7) is 3.37. The number of aromatic amines is 2. The van der Waals surface area contributed by atoms with Crippen LogP contribution < -0.4 is 5.69 Å². The number of benzene rings is 2. The fourth-order valence-electron chi connectivity index (χ4n) is 4.05. The van der Waals surface area contributed by atoms with E-state index in [1.54, 1.807) is 0 Å². The number of H-pyrrole nitrogens is 2. The lowest BCUT2D eigenvalue weighted by Gasteiger charge is -2.27. The number of hydrogen-bond donors (Lipinski definition) is 2. The van der Waals surface area contributed by atoms with E-state index < -0.39 is 0 Å². The van der Waals surface area contributed by atoms with Crippen molar-refractivity contribution in [3.8, 4) is 0 Å². The molecule has 0 atom stereocenters. The first-order chi connectivity index (χ1) is 12.7. The van der Waals surface area contributed by atoms with E-state index >= 15 is 0 Å². The molecule has 2 aromatic heterocycles. The SMILES string of the molecule is O=c1[nH]c2ccccc2n1CCN1CCc2c([nH]c3c(Cl)cccc23)C1. The summed E-state index contributed by atoms with van der Waals surface area (Å²) in [6.07, 6.45) is 0.998. The molecule has 0 saturated heterocycles. The topological polar surface area (TPSA) is 56.8 Å². The Bertz CT molecular complexity index is 1170. The number of halogens is 1. The molecule has 26 heavy (non-hydrogen) atoms. The van der Waals surface area contributed by atoms with E-state index in [1.165, 1.54) is 16.6 Å². The van der Waals surface area contributed by atoms with Gasteiger partial charge in [-0.15, -0.1) is 0 Å². The molecule has 0 saturated carbocycles. The summed E-state index contributed by atoms with van der Waals surface area (Å²) < 4.78 is 1.83. The van der Waals surface area contributed by atoms with E-state index in [-0.39, 0.29) is 5.69 Å². The Morgan fingerprint density at radius 3 is 2.85 bits per heavy atom. The molecule has 0 aliphatic carbocycles. The van der Waals surface area contributed by atoms with E-state index in [0.29, 0.717) is 6.54 Å². The Labute approximate surface area is 155 Å². The zero-order chi connectivity index (χ0) is 17.7. The van der Waals surface area contributed by atoms with Gasteiger partial charge in [-0.3, -0.25) is 9.47 Å². The minimum Gasteiger partial charge on any atom is -0.356 e. The van der Waals surface area contributed by atoms with Gasteiger partial charge in [0, 0.05) is 37.3 Å². The van der Waals surface area contributed by atoms with E-state index in [4.69, 9.17) is 11.6 Å². The predicted octanol–water partition coefficient (Wildman–Crippen LogP) is 3.52. The molecule has 0 spiro atoms. The van der Waals surface area contributed by atoms with Crippen LogP contribution in [0.1, 0.15) is 11.3 Å². The minimum atomic E-state index is -0.0405. The van der Waals surface area contributed by atoms with Crippen LogP contribution in [0.3, 0.4) is 0 Å². The number of rotatable bonds is 3. The van der Waals surface area contributed by atoms with Gasteiger partial charge in [0.05, 0.1) is 21.6 Å². The molecule has 1 aliphatic heterocycles. The van der Waals surface area contributed by atoms with Crippen molar-refractivity contribution in [2.75, 3.05) is 13.1 Å². The average molecular weight is 367 g/mol. The van der Waals surface area contributed by atoms with Crippen molar-refractivity contribution in [1.82, 2.24) is 19.4 Å². The molecule has 5 rings (SSSR count). The summed E-state index contributed by atoms with van der Waals surface area (Å²) in [5.74, 6) is 0. The Kier molecular flexibility index (Phi) is 3.65. The summed E-state index contributed by atoms with van der Waals surface area (Å²) in [5, 5.41) is 2.01. The first kappa shape index (κ1) is 15.7. The molecule has 0 fully saturated rings. The second-order valence-corrected chi connectivity index (χ2v) is 7.28. The van der Waals surface area contributed by atoms with Crippen molar-refractivity contribution in [1.29, 1.82) is 0 Å². The quantitative estimate of drug-likeness (QED) is 0.583. The zero-order valence-corrected chi connectivity index (χ0v) is 15.0. The monoisotopic (exact) mass is 366 g/mol. The van der Waals surface area contributed by atoms with Gasteiger partial charge in [-0.25, -0.2) is 4.79 Å². The van der Waals surface area contributed by atoms with Crippen LogP contribution in [0.25, 0.3) is 21.9 Å². The van der Waals surface area contributed by atoms with Crippen molar-refractivity contribution in [2.24, 2.45) is 0 Å². The third-order valence-corrected chi connectivity index (χ3v) is 5.68. The second-order valence-electron chi connectivity index (χ2n) is 6.87. The third kappa shape index (κ3) is 2.47. The van der Waals surface area contributed by atoms with Crippen molar-refractivity contribution in [3.05, 3.63) is 69.2 Å². The van der Waals surface area contributed by atoms with Crippen LogP contribution in [0.2, 0.25) is 5.02 Å². The molecular weight excluding hydrogens is 348 g/mol. The van der Waals surface area contributed by atoms with Gasteiger partial charge in [0.15, 0.2) is 0 Å². The van der Waals surface area contributed by atoms with Gasteiger partial charge in [0.1, 0.15) is 0 Å². The van der Waals surface area contributed by atoms with E-state index in [0.717, 1.165) is 47.6 Å². The molecule has 5 nitrogen and oxygen atoms in total. The smallest absolute Gasteiger partial charge is 0.326 e. The second kappa shape index (κ2) is 6.04. The summed E-state index contributed by atoms with van der Waals surface area (Å²) in [6, 6.07) is 13.9. The van der Waals surface area contributed by atoms with Crippen molar-refractivity contribution in [3.63, 3.8) is 0 Å². The fourth-order valence-corrected chi connectivity index (χ4v) is 4.27. The summed E-state index contributed by atoms with van der Waals surface area (Å²) in [7, 11) is 0. The number of nitrogens with zero attached hydrogens (tertiary/aromatic N) is 2. The van der Waals surface area contributed by atoms with Crippen molar-refractivity contribution >= 4 is 33.5 Å². The van der Waals surface area contributed by atoms with Crippen LogP contribution >= 0.6 is 11.6 Å². The molecule has 2 aromatic carbocycles. The maximum absolute atomic E-state index is 12.2. The van der Waals surface area contributed by atoms with Gasteiger partial charge in [0.25, 0.3) is 0 Å².